The second kappa shape index (κ2) is 29.0. The number of hydrogen-bond acceptors (Lipinski definition) is 16. The van der Waals surface area contributed by atoms with Crippen molar-refractivity contribution in [3.05, 3.63) is 96.6 Å². The van der Waals surface area contributed by atoms with Gasteiger partial charge in [-0.3, -0.25) is 9.59 Å². The van der Waals surface area contributed by atoms with Gasteiger partial charge in [0.05, 0.1) is 74.0 Å². The summed E-state index contributed by atoms with van der Waals surface area (Å²) >= 11 is 1.49. The van der Waals surface area contributed by atoms with Gasteiger partial charge in [-0.1, -0.05) is 30.6 Å². The van der Waals surface area contributed by atoms with E-state index in [9.17, 15) is 24.4 Å². The summed E-state index contributed by atoms with van der Waals surface area (Å²) in [6, 6.07) is 19.2. The lowest BCUT2D eigenvalue weighted by atomic mass is 9.82. The molecule has 15 nitrogen and oxygen atoms in total. The number of ether oxygens (including phenoxy) is 7. The van der Waals surface area contributed by atoms with Gasteiger partial charge in [-0.25, -0.2) is 19.6 Å². The van der Waals surface area contributed by atoms with Crippen LogP contribution in [0.15, 0.2) is 85.0 Å². The Kier molecular flexibility index (Phi) is 22.0. The molecule has 1 heterocycles. The third-order valence-corrected chi connectivity index (χ3v) is 14.1. The number of aryl methyl sites for hydroxylation is 2. The molecular weight excluding hydrogens is 937 g/mol. The number of aromatic nitrogens is 1. The summed E-state index contributed by atoms with van der Waals surface area (Å²) in [5, 5.41) is 16.8. The minimum absolute atomic E-state index is 0.00281. The van der Waals surface area contributed by atoms with Crippen molar-refractivity contribution in [3.8, 4) is 29.1 Å². The number of anilines is 1. The number of carbonyl (C=O) groups excluding carboxylic acids is 4. The number of unbranched alkanes of at least 4 members (excludes halogenated alkanes) is 4. The molecule has 2 aliphatic carbocycles. The van der Waals surface area contributed by atoms with Crippen molar-refractivity contribution in [2.75, 3.05) is 51.2 Å². The van der Waals surface area contributed by atoms with Crippen molar-refractivity contribution < 1.29 is 52.3 Å². The fourth-order valence-corrected chi connectivity index (χ4v) is 9.71. The van der Waals surface area contributed by atoms with Gasteiger partial charge in [0.15, 0.2) is 0 Å². The highest BCUT2D eigenvalue weighted by Gasteiger charge is 2.30. The summed E-state index contributed by atoms with van der Waals surface area (Å²) in [5.74, 6) is 1.34. The third kappa shape index (κ3) is 17.5. The summed E-state index contributed by atoms with van der Waals surface area (Å²) in [6.45, 7) is 13.3. The van der Waals surface area contributed by atoms with Crippen molar-refractivity contribution >= 4 is 56.8 Å². The van der Waals surface area contributed by atoms with E-state index in [0.29, 0.717) is 98.6 Å². The average Bonchev–Trinajstić information content (AvgIpc) is 3.83. The molecule has 0 N–H and O–H groups in total. The maximum absolute atomic E-state index is 13.2. The molecule has 0 unspecified atom stereocenters. The van der Waals surface area contributed by atoms with Gasteiger partial charge in [0, 0.05) is 17.7 Å². The van der Waals surface area contributed by atoms with E-state index in [2.05, 4.69) is 32.2 Å². The Labute approximate surface area is 427 Å². The van der Waals surface area contributed by atoms with E-state index in [-0.39, 0.29) is 55.4 Å². The van der Waals surface area contributed by atoms with Crippen molar-refractivity contribution in [2.45, 2.75) is 104 Å². The molecule has 2 saturated carbocycles. The van der Waals surface area contributed by atoms with E-state index in [1.165, 1.54) is 17.4 Å². The molecule has 3 aromatic carbocycles. The maximum Gasteiger partial charge on any atom is 0.330 e. The van der Waals surface area contributed by atoms with E-state index in [1.54, 1.807) is 23.4 Å². The SMILES string of the molecule is C=CC(=O)OCCCCCCOc1ccc(OC(=O)C2CCC(COc3ccc(OCC4CCC(C(=O)OCCCCOC(=O)C=C)CC4)c(/C=N/N(CC#N)c4nc5cc(C)cc(C)c5s4)c3)CC2)cc1. The summed E-state index contributed by atoms with van der Waals surface area (Å²) in [6.07, 6.45) is 14.9. The summed E-state index contributed by atoms with van der Waals surface area (Å²) < 4.78 is 41.1. The van der Waals surface area contributed by atoms with Gasteiger partial charge in [0.25, 0.3) is 0 Å². The number of hydrazone groups is 1. The van der Waals surface area contributed by atoms with Crippen LogP contribution in [-0.4, -0.2) is 81.3 Å². The molecule has 2 aliphatic rings. The molecule has 384 valence electrons. The molecule has 0 bridgehead atoms. The van der Waals surface area contributed by atoms with Gasteiger partial charge >= 0.3 is 23.9 Å². The van der Waals surface area contributed by atoms with Crippen LogP contribution >= 0.6 is 11.3 Å². The molecule has 6 rings (SSSR count). The molecule has 0 aliphatic heterocycles. The average molecular weight is 1010 g/mol. The molecule has 0 spiro atoms. The predicted molar refractivity (Wildman–Crippen MR) is 277 cm³/mol. The molecular formula is C56H68N4O11S. The maximum atomic E-state index is 13.2. The molecule has 0 atom stereocenters. The Morgan fingerprint density at radius 2 is 1.26 bits per heavy atom. The van der Waals surface area contributed by atoms with Crippen molar-refractivity contribution in [1.82, 2.24) is 4.98 Å². The first-order chi connectivity index (χ1) is 35.0. The predicted octanol–water partition coefficient (Wildman–Crippen LogP) is 11.0. The first kappa shape index (κ1) is 54.6. The Hall–Kier alpha value is -6.73. The van der Waals surface area contributed by atoms with Gasteiger partial charge in [-0.05, 0) is 175 Å². The number of benzene rings is 3. The fourth-order valence-electron chi connectivity index (χ4n) is 8.74. The lowest BCUT2D eigenvalue weighted by molar-refractivity contribution is -0.150. The Morgan fingerprint density at radius 3 is 1.90 bits per heavy atom. The first-order valence-electron chi connectivity index (χ1n) is 25.2. The number of hydrogen-bond donors (Lipinski definition) is 0. The third-order valence-electron chi connectivity index (χ3n) is 12.8. The van der Waals surface area contributed by atoms with Crippen molar-refractivity contribution in [3.63, 3.8) is 0 Å². The van der Waals surface area contributed by atoms with Crippen LogP contribution in [0.1, 0.15) is 107 Å². The lowest BCUT2D eigenvalue weighted by Crippen LogP contribution is -2.27. The molecule has 0 radical (unpaired) electrons. The Bertz CT molecular complexity index is 2500. The van der Waals surface area contributed by atoms with Crippen LogP contribution < -0.4 is 24.0 Å². The summed E-state index contributed by atoms with van der Waals surface area (Å²) in [4.78, 5) is 53.1. The van der Waals surface area contributed by atoms with E-state index in [0.717, 1.165) is 78.8 Å². The second-order valence-electron chi connectivity index (χ2n) is 18.4. The molecule has 4 aromatic rings. The fraction of sp³-hybridized carbons (Fsp3) is 0.482. The number of thiazole rings is 1. The highest BCUT2D eigenvalue weighted by molar-refractivity contribution is 7.22. The van der Waals surface area contributed by atoms with Gasteiger partial charge in [-0.15, -0.1) is 0 Å². The minimum Gasteiger partial charge on any atom is -0.494 e. The molecule has 1 aromatic heterocycles. The van der Waals surface area contributed by atoms with Gasteiger partial charge in [0.1, 0.15) is 29.5 Å². The van der Waals surface area contributed by atoms with Crippen LogP contribution in [0.2, 0.25) is 0 Å². The summed E-state index contributed by atoms with van der Waals surface area (Å²) in [7, 11) is 0. The second-order valence-corrected chi connectivity index (χ2v) is 19.4. The van der Waals surface area contributed by atoms with Crippen molar-refractivity contribution in [2.24, 2.45) is 28.8 Å². The van der Waals surface area contributed by atoms with Gasteiger partial charge < -0.3 is 33.2 Å². The number of nitrogens with zero attached hydrogens (tertiary/aromatic N) is 4. The minimum atomic E-state index is -0.462. The lowest BCUT2D eigenvalue weighted by Gasteiger charge is -2.28. The number of fused-ring (bicyclic) bond motifs is 1. The van der Waals surface area contributed by atoms with Crippen molar-refractivity contribution in [1.29, 1.82) is 5.26 Å². The molecule has 0 saturated heterocycles. The molecule has 0 amide bonds. The highest BCUT2D eigenvalue weighted by Crippen LogP contribution is 2.35. The standard InChI is InChI=1S/C56H68N4O11S/c1-5-51(61)66-30-10-8-7-9-29-65-46-21-23-47(24-22-46)71-55(64)44-19-15-41(16-20-44)37-69-48-25-26-50(70-38-42-13-17-43(18-14-42)54(63)68-32-12-11-31-67-52(62)6-2)45(35-48)36-58-60(28-27-57)56-59-49-34-39(3)33-40(4)53(49)72-56/h5-6,21-26,33-36,41-44H,1-2,7-20,28-32,37-38H2,3-4H3/b58-36+. The van der Waals surface area contributed by atoms with Gasteiger partial charge in [0.2, 0.25) is 5.13 Å². The van der Waals surface area contributed by atoms with E-state index in [1.807, 2.05) is 43.3 Å². The number of carbonyl (C=O) groups is 4. The van der Waals surface area contributed by atoms with Crippen LogP contribution in [0.4, 0.5) is 5.13 Å². The zero-order valence-corrected chi connectivity index (χ0v) is 42.5. The Balaban J connectivity index is 0.990. The van der Waals surface area contributed by atoms with Crippen LogP contribution in [-0.2, 0) is 33.4 Å². The smallest absolute Gasteiger partial charge is 0.330 e. The molecule has 16 heteroatoms. The zero-order valence-electron chi connectivity index (χ0n) is 41.7. The number of rotatable bonds is 28. The topological polar surface area (TPSA) is 185 Å². The molecule has 72 heavy (non-hydrogen) atoms. The highest BCUT2D eigenvalue weighted by atomic mass is 32.1. The quantitative estimate of drug-likeness (QED) is 0.00765. The first-order valence-corrected chi connectivity index (χ1v) is 26.0. The van der Waals surface area contributed by atoms with Crippen LogP contribution in [0.3, 0.4) is 0 Å². The van der Waals surface area contributed by atoms with E-state index < -0.39 is 11.9 Å². The summed E-state index contributed by atoms with van der Waals surface area (Å²) in [5.41, 5.74) is 3.78. The zero-order chi connectivity index (χ0) is 51.1. The van der Waals surface area contributed by atoms with Crippen LogP contribution in [0.25, 0.3) is 10.2 Å². The van der Waals surface area contributed by atoms with Crippen LogP contribution in [0.5, 0.6) is 23.0 Å². The van der Waals surface area contributed by atoms with E-state index in [4.69, 9.17) is 43.2 Å². The molecule has 2 fully saturated rings. The largest absolute Gasteiger partial charge is 0.494 e. The number of esters is 4. The van der Waals surface area contributed by atoms with E-state index >= 15 is 0 Å². The normalized spacial score (nSPS) is 17.6. The monoisotopic (exact) mass is 1000 g/mol. The van der Waals surface area contributed by atoms with Gasteiger partial charge in [-0.2, -0.15) is 10.4 Å². The Morgan fingerprint density at radius 1 is 0.694 bits per heavy atom. The van der Waals surface area contributed by atoms with Crippen LogP contribution in [0, 0.1) is 48.9 Å². The number of nitriles is 1.